The van der Waals surface area contributed by atoms with Crippen LogP contribution >= 0.6 is 0 Å². The maximum absolute atomic E-state index is 12.8. The van der Waals surface area contributed by atoms with Crippen LogP contribution in [0.4, 0.5) is 4.79 Å². The molecule has 0 aliphatic carbocycles. The Morgan fingerprint density at radius 3 is 2.19 bits per heavy atom. The van der Waals surface area contributed by atoms with Crippen molar-refractivity contribution >= 4 is 12.0 Å². The molecule has 152 valence electrons. The first-order valence-electron chi connectivity index (χ1n) is 9.97. The standard InChI is InChI=1S/C20H39N3O3/c1-14(2)23(15(3)4)18(24)13-22-12-10-9-11-17(22)16(5)21-19(25)26-20(6,7)8/h14-17H,9-13H2,1-8H3,(H,21,25). The number of carbonyl (C=O) groups is 2. The first-order valence-corrected chi connectivity index (χ1v) is 9.97. The number of nitrogens with zero attached hydrogens (tertiary/aromatic N) is 2. The quantitative estimate of drug-likeness (QED) is 0.779. The number of likely N-dealkylation sites (tertiary alicyclic amines) is 1. The average Bonchev–Trinajstić information content (AvgIpc) is 2.44. The van der Waals surface area contributed by atoms with Crippen LogP contribution in [0.1, 0.15) is 74.7 Å². The number of piperidine rings is 1. The van der Waals surface area contributed by atoms with Crippen LogP contribution in [0.15, 0.2) is 0 Å². The van der Waals surface area contributed by atoms with Gasteiger partial charge in [-0.15, -0.1) is 0 Å². The molecule has 0 aromatic carbocycles. The Bertz CT molecular complexity index is 463. The molecule has 6 nitrogen and oxygen atoms in total. The molecule has 2 amide bonds. The zero-order valence-corrected chi connectivity index (χ0v) is 18.0. The molecule has 1 aliphatic rings. The van der Waals surface area contributed by atoms with Crippen LogP contribution in [-0.2, 0) is 9.53 Å². The number of hydrogen-bond acceptors (Lipinski definition) is 4. The third-order valence-corrected chi connectivity index (χ3v) is 4.72. The second-order valence-corrected chi connectivity index (χ2v) is 8.96. The fourth-order valence-electron chi connectivity index (χ4n) is 3.80. The summed E-state index contributed by atoms with van der Waals surface area (Å²) in [6.45, 7) is 17.1. The summed E-state index contributed by atoms with van der Waals surface area (Å²) in [5.41, 5.74) is -0.513. The van der Waals surface area contributed by atoms with E-state index in [1.807, 2.05) is 32.6 Å². The normalized spacial score (nSPS) is 20.2. The van der Waals surface area contributed by atoms with Crippen LogP contribution in [0.3, 0.4) is 0 Å². The number of nitrogens with one attached hydrogen (secondary N) is 1. The van der Waals surface area contributed by atoms with Crippen molar-refractivity contribution in [2.45, 2.75) is 104 Å². The van der Waals surface area contributed by atoms with E-state index >= 15 is 0 Å². The molecule has 26 heavy (non-hydrogen) atoms. The van der Waals surface area contributed by atoms with Crippen molar-refractivity contribution < 1.29 is 14.3 Å². The van der Waals surface area contributed by atoms with Gasteiger partial charge in [0.2, 0.25) is 5.91 Å². The molecule has 0 radical (unpaired) electrons. The molecule has 0 bridgehead atoms. The Morgan fingerprint density at radius 2 is 1.69 bits per heavy atom. The summed E-state index contributed by atoms with van der Waals surface area (Å²) < 4.78 is 5.37. The lowest BCUT2D eigenvalue weighted by Crippen LogP contribution is -2.56. The first-order chi connectivity index (χ1) is 11.9. The lowest BCUT2D eigenvalue weighted by molar-refractivity contribution is -0.137. The van der Waals surface area contributed by atoms with Gasteiger partial charge in [-0.3, -0.25) is 9.69 Å². The molecule has 1 rings (SSSR count). The van der Waals surface area contributed by atoms with Crippen molar-refractivity contribution in [1.82, 2.24) is 15.1 Å². The lowest BCUT2D eigenvalue weighted by atomic mass is 9.96. The summed E-state index contributed by atoms with van der Waals surface area (Å²) in [6.07, 6.45) is 2.79. The van der Waals surface area contributed by atoms with Gasteiger partial charge in [0, 0.05) is 24.2 Å². The molecule has 2 atom stereocenters. The Balaban J connectivity index is 2.74. The van der Waals surface area contributed by atoms with E-state index in [4.69, 9.17) is 4.74 Å². The molecule has 0 aromatic rings. The molecule has 0 aromatic heterocycles. The molecule has 1 heterocycles. The average molecular weight is 370 g/mol. The summed E-state index contributed by atoms with van der Waals surface area (Å²) in [5, 5.41) is 2.96. The Labute approximate surface area is 159 Å². The van der Waals surface area contributed by atoms with Crippen molar-refractivity contribution in [2.24, 2.45) is 0 Å². The highest BCUT2D eigenvalue weighted by Crippen LogP contribution is 2.21. The molecule has 0 saturated carbocycles. The van der Waals surface area contributed by atoms with Crippen LogP contribution in [0.25, 0.3) is 0 Å². The van der Waals surface area contributed by atoms with Crippen LogP contribution in [0, 0.1) is 0 Å². The predicted molar refractivity (Wildman–Crippen MR) is 105 cm³/mol. The summed E-state index contributed by atoms with van der Waals surface area (Å²) in [5.74, 6) is 0.159. The van der Waals surface area contributed by atoms with Crippen LogP contribution in [-0.4, -0.2) is 64.7 Å². The van der Waals surface area contributed by atoms with E-state index in [0.29, 0.717) is 6.54 Å². The zero-order chi connectivity index (χ0) is 20.1. The smallest absolute Gasteiger partial charge is 0.407 e. The lowest BCUT2D eigenvalue weighted by Gasteiger charge is -2.41. The van der Waals surface area contributed by atoms with Gasteiger partial charge in [-0.05, 0) is 74.8 Å². The highest BCUT2D eigenvalue weighted by atomic mass is 16.6. The van der Waals surface area contributed by atoms with Crippen LogP contribution in [0.5, 0.6) is 0 Å². The number of ether oxygens (including phenoxy) is 1. The second-order valence-electron chi connectivity index (χ2n) is 8.96. The Hall–Kier alpha value is -1.30. The largest absolute Gasteiger partial charge is 0.444 e. The van der Waals surface area contributed by atoms with Crippen LogP contribution < -0.4 is 5.32 Å². The van der Waals surface area contributed by atoms with Gasteiger partial charge in [-0.2, -0.15) is 0 Å². The monoisotopic (exact) mass is 369 g/mol. The summed E-state index contributed by atoms with van der Waals surface area (Å²) in [4.78, 5) is 29.1. The molecule has 1 aliphatic heterocycles. The number of rotatable bonds is 6. The highest BCUT2D eigenvalue weighted by molar-refractivity contribution is 5.79. The van der Waals surface area contributed by atoms with Gasteiger partial charge in [0.1, 0.15) is 5.60 Å². The Morgan fingerprint density at radius 1 is 1.12 bits per heavy atom. The minimum atomic E-state index is -0.513. The van der Waals surface area contributed by atoms with E-state index < -0.39 is 11.7 Å². The molecule has 2 unspecified atom stereocenters. The van der Waals surface area contributed by atoms with E-state index in [0.717, 1.165) is 25.8 Å². The second kappa shape index (κ2) is 9.58. The van der Waals surface area contributed by atoms with Crippen molar-refractivity contribution in [1.29, 1.82) is 0 Å². The molecular weight excluding hydrogens is 330 g/mol. The zero-order valence-electron chi connectivity index (χ0n) is 18.0. The van der Waals surface area contributed by atoms with Gasteiger partial charge in [-0.25, -0.2) is 4.79 Å². The fourth-order valence-corrected chi connectivity index (χ4v) is 3.80. The molecule has 1 N–H and O–H groups in total. The van der Waals surface area contributed by atoms with Crippen molar-refractivity contribution in [2.75, 3.05) is 13.1 Å². The topological polar surface area (TPSA) is 61.9 Å². The molecule has 6 heteroatoms. The summed E-state index contributed by atoms with van der Waals surface area (Å²) >= 11 is 0. The maximum atomic E-state index is 12.8. The van der Waals surface area contributed by atoms with Gasteiger partial charge in [0.25, 0.3) is 0 Å². The predicted octanol–water partition coefficient (Wildman–Crippen LogP) is 3.40. The van der Waals surface area contributed by atoms with E-state index in [-0.39, 0.29) is 30.1 Å². The van der Waals surface area contributed by atoms with E-state index in [2.05, 4.69) is 37.9 Å². The Kier molecular flexibility index (Phi) is 8.38. The molecular formula is C20H39N3O3. The van der Waals surface area contributed by atoms with Gasteiger partial charge >= 0.3 is 6.09 Å². The van der Waals surface area contributed by atoms with Crippen molar-refractivity contribution in [3.05, 3.63) is 0 Å². The van der Waals surface area contributed by atoms with Gasteiger partial charge in [-0.1, -0.05) is 6.42 Å². The number of hydrogen-bond donors (Lipinski definition) is 1. The highest BCUT2D eigenvalue weighted by Gasteiger charge is 2.32. The molecule has 1 fully saturated rings. The van der Waals surface area contributed by atoms with E-state index in [1.54, 1.807) is 0 Å². The third-order valence-electron chi connectivity index (χ3n) is 4.72. The minimum Gasteiger partial charge on any atom is -0.444 e. The van der Waals surface area contributed by atoms with Crippen molar-refractivity contribution in [3.8, 4) is 0 Å². The number of amides is 2. The fraction of sp³-hybridized carbons (Fsp3) is 0.900. The summed E-state index contributed by atoms with van der Waals surface area (Å²) in [7, 11) is 0. The SMILES string of the molecule is CC(NC(=O)OC(C)(C)C)C1CCCCN1CC(=O)N(C(C)C)C(C)C. The van der Waals surface area contributed by atoms with Gasteiger partial charge in [0.05, 0.1) is 6.54 Å². The first kappa shape index (κ1) is 22.7. The number of alkyl carbamates (subject to hydrolysis) is 1. The summed E-state index contributed by atoms with van der Waals surface area (Å²) in [6, 6.07) is 0.456. The third kappa shape index (κ3) is 7.14. The minimum absolute atomic E-state index is 0.0653. The maximum Gasteiger partial charge on any atom is 0.407 e. The van der Waals surface area contributed by atoms with Gasteiger partial charge in [0.15, 0.2) is 0 Å². The van der Waals surface area contributed by atoms with E-state index in [1.165, 1.54) is 0 Å². The number of carbonyl (C=O) groups excluding carboxylic acids is 2. The molecule has 0 spiro atoms. The van der Waals surface area contributed by atoms with Gasteiger partial charge < -0.3 is 15.0 Å². The van der Waals surface area contributed by atoms with Crippen LogP contribution in [0.2, 0.25) is 0 Å². The van der Waals surface area contributed by atoms with E-state index in [9.17, 15) is 9.59 Å². The van der Waals surface area contributed by atoms with Crippen molar-refractivity contribution in [3.63, 3.8) is 0 Å². The molecule has 1 saturated heterocycles.